The van der Waals surface area contributed by atoms with Crippen molar-refractivity contribution in [3.63, 3.8) is 0 Å². The number of amides is 2. The number of ether oxygens (including phenoxy) is 1. The smallest absolute Gasteiger partial charge is 0.351 e. The van der Waals surface area contributed by atoms with Gasteiger partial charge in [0.05, 0.1) is 6.61 Å². The van der Waals surface area contributed by atoms with Gasteiger partial charge in [-0.05, 0) is 36.4 Å². The molecule has 1 aromatic heterocycles. The Morgan fingerprint density at radius 2 is 1.74 bits per heavy atom. The van der Waals surface area contributed by atoms with Gasteiger partial charge in [-0.3, -0.25) is 19.1 Å². The molecule has 0 radical (unpaired) electrons. The summed E-state index contributed by atoms with van der Waals surface area (Å²) in [4.78, 5) is 40.1. The first kappa shape index (κ1) is 30.0. The van der Waals surface area contributed by atoms with Gasteiger partial charge >= 0.3 is 20.2 Å². The highest BCUT2D eigenvalue weighted by Crippen LogP contribution is 2.43. The maximum absolute atomic E-state index is 14.9. The summed E-state index contributed by atoms with van der Waals surface area (Å²) in [6, 6.07) is 1.19. The fourth-order valence-electron chi connectivity index (χ4n) is 4.73. The third kappa shape index (κ3) is 6.20. The van der Waals surface area contributed by atoms with Crippen molar-refractivity contribution in [1.82, 2.24) is 14.5 Å². The quantitative estimate of drug-likeness (QED) is 0.211. The van der Waals surface area contributed by atoms with Crippen LogP contribution in [0.15, 0.2) is 29.2 Å². The second-order valence-corrected chi connectivity index (χ2v) is 14.4. The maximum atomic E-state index is 14.9. The van der Waals surface area contributed by atoms with E-state index in [1.165, 1.54) is 23.1 Å². The lowest BCUT2D eigenvalue weighted by Crippen LogP contribution is -2.51. The fourth-order valence-corrected chi connectivity index (χ4v) is 8.37. The molecule has 0 aromatic carbocycles. The fraction of sp³-hybridized carbons (Fsp3) is 0.667. The van der Waals surface area contributed by atoms with Crippen molar-refractivity contribution in [3.8, 4) is 0 Å². The Labute approximate surface area is 220 Å². The standard InChI is InChI=1S/C24H36F2N4O7Si/c1-15(2)38(16(3)4,35-13-7-5-6-11-29-19(31)8-9-20(29)32)36-14-17-21(33)24(25,26)22(37-17)30-12-10-18(27)28-23(30)34/h8-10,12,15-17,21-22,33H,5-7,11,13-14H2,1-4H3,(H2,27,28,34)/t17?,21-,22-/m1/s1. The lowest BCUT2D eigenvalue weighted by Gasteiger charge is -2.38. The number of aliphatic hydroxyl groups is 1. The molecule has 0 aliphatic carbocycles. The van der Waals surface area contributed by atoms with Gasteiger partial charge in [0, 0.05) is 31.5 Å². The number of aromatic nitrogens is 2. The van der Waals surface area contributed by atoms with Crippen LogP contribution in [0.1, 0.15) is 53.2 Å². The molecule has 2 amide bonds. The zero-order chi connectivity index (χ0) is 28.3. The monoisotopic (exact) mass is 558 g/mol. The van der Waals surface area contributed by atoms with E-state index in [9.17, 15) is 28.3 Å². The van der Waals surface area contributed by atoms with Gasteiger partial charge in [-0.1, -0.05) is 27.7 Å². The molecule has 3 rings (SSSR count). The van der Waals surface area contributed by atoms with Gasteiger partial charge < -0.3 is 24.4 Å². The first-order valence-electron chi connectivity index (χ1n) is 12.7. The predicted octanol–water partition coefficient (Wildman–Crippen LogP) is 2.11. The van der Waals surface area contributed by atoms with Crippen LogP contribution in [-0.4, -0.2) is 77.8 Å². The molecule has 1 aromatic rings. The summed E-state index contributed by atoms with van der Waals surface area (Å²) in [5, 5.41) is 10.4. The molecule has 0 bridgehead atoms. The average Bonchev–Trinajstić information content (AvgIpc) is 3.27. The number of hydrogen-bond acceptors (Lipinski definition) is 9. The van der Waals surface area contributed by atoms with Crippen molar-refractivity contribution in [2.24, 2.45) is 0 Å². The Morgan fingerprint density at radius 1 is 1.11 bits per heavy atom. The van der Waals surface area contributed by atoms with Crippen LogP contribution in [0, 0.1) is 0 Å². The molecule has 38 heavy (non-hydrogen) atoms. The molecule has 2 aliphatic heterocycles. The Balaban J connectivity index is 1.59. The van der Waals surface area contributed by atoms with Crippen molar-refractivity contribution >= 4 is 26.2 Å². The van der Waals surface area contributed by atoms with Gasteiger partial charge in [0.15, 0.2) is 6.10 Å². The molecule has 212 valence electrons. The Bertz CT molecular complexity index is 1070. The minimum atomic E-state index is -3.77. The molecule has 0 spiro atoms. The van der Waals surface area contributed by atoms with Crippen LogP contribution in [0.3, 0.4) is 0 Å². The highest BCUT2D eigenvalue weighted by molar-refractivity contribution is 6.70. The summed E-state index contributed by atoms with van der Waals surface area (Å²) in [7, 11) is -2.98. The minimum absolute atomic E-state index is 0.0489. The summed E-state index contributed by atoms with van der Waals surface area (Å²) in [5.74, 6) is -4.52. The number of nitrogens with two attached hydrogens (primary N) is 1. The van der Waals surface area contributed by atoms with Gasteiger partial charge in [0.1, 0.15) is 11.9 Å². The molecule has 1 unspecified atom stereocenters. The van der Waals surface area contributed by atoms with Crippen molar-refractivity contribution in [1.29, 1.82) is 0 Å². The van der Waals surface area contributed by atoms with E-state index in [-0.39, 0.29) is 35.3 Å². The summed E-state index contributed by atoms with van der Waals surface area (Å²) in [6.45, 7) is 8.08. The van der Waals surface area contributed by atoms with Crippen molar-refractivity contribution in [2.45, 2.75) is 82.4 Å². The summed E-state index contributed by atoms with van der Waals surface area (Å²) >= 11 is 0. The second kappa shape index (κ2) is 12.1. The van der Waals surface area contributed by atoms with Gasteiger partial charge in [-0.25, -0.2) is 4.79 Å². The number of imide groups is 1. The first-order valence-corrected chi connectivity index (χ1v) is 14.7. The largest absolute Gasteiger partial charge is 0.394 e. The third-order valence-electron chi connectivity index (χ3n) is 6.82. The number of rotatable bonds is 13. The Morgan fingerprint density at radius 3 is 2.32 bits per heavy atom. The molecule has 2 aliphatic rings. The normalized spacial score (nSPS) is 23.4. The average molecular weight is 559 g/mol. The van der Waals surface area contributed by atoms with Gasteiger partial charge in [0.2, 0.25) is 6.23 Å². The van der Waals surface area contributed by atoms with Gasteiger partial charge in [0.25, 0.3) is 11.8 Å². The molecule has 3 atom stereocenters. The first-order chi connectivity index (χ1) is 17.8. The molecule has 1 saturated heterocycles. The molecule has 14 heteroatoms. The molecule has 3 N–H and O–H groups in total. The number of carbonyl (C=O) groups is 2. The van der Waals surface area contributed by atoms with Crippen LogP contribution < -0.4 is 11.4 Å². The minimum Gasteiger partial charge on any atom is -0.394 e. The number of nitrogens with zero attached hydrogens (tertiary/aromatic N) is 3. The molecule has 11 nitrogen and oxygen atoms in total. The highest BCUT2D eigenvalue weighted by atomic mass is 28.4. The van der Waals surface area contributed by atoms with Gasteiger partial charge in [-0.2, -0.15) is 13.8 Å². The number of halogens is 2. The van der Waals surface area contributed by atoms with Gasteiger partial charge in [-0.15, -0.1) is 0 Å². The Hall–Kier alpha value is -2.52. The number of aliphatic hydroxyl groups excluding tert-OH is 1. The molecule has 0 saturated carbocycles. The SMILES string of the molecule is CC(C)[Si](OCCCCCN1C(=O)C=CC1=O)(OCC1O[C@@H](n2ccc(N)nc2=O)C(F)(F)[C@@H]1O)C(C)C. The number of hydrogen-bond donors (Lipinski definition) is 2. The summed E-state index contributed by atoms with van der Waals surface area (Å²) in [6.07, 6.45) is -0.146. The molecular formula is C24H36F2N4O7Si. The van der Waals surface area contributed by atoms with E-state index < -0.39 is 38.6 Å². The lowest BCUT2D eigenvalue weighted by atomic mass is 10.1. The number of nitrogen functional groups attached to an aromatic ring is 1. The topological polar surface area (TPSA) is 146 Å². The van der Waals surface area contributed by atoms with Crippen LogP contribution in [-0.2, 0) is 23.2 Å². The summed E-state index contributed by atoms with van der Waals surface area (Å²) < 4.78 is 48.4. The van der Waals surface area contributed by atoms with E-state index >= 15 is 0 Å². The third-order valence-corrected chi connectivity index (χ3v) is 11.3. The molecule has 1 fully saturated rings. The zero-order valence-corrected chi connectivity index (χ0v) is 23.0. The van der Waals surface area contributed by atoms with E-state index in [0.717, 1.165) is 6.20 Å². The van der Waals surface area contributed by atoms with Crippen LogP contribution in [0.25, 0.3) is 0 Å². The van der Waals surface area contributed by atoms with Crippen LogP contribution in [0.4, 0.5) is 14.6 Å². The highest BCUT2D eigenvalue weighted by Gasteiger charge is 2.60. The van der Waals surface area contributed by atoms with Crippen molar-refractivity contribution in [2.75, 3.05) is 25.5 Å². The predicted molar refractivity (Wildman–Crippen MR) is 135 cm³/mol. The van der Waals surface area contributed by atoms with Crippen LogP contribution in [0.2, 0.25) is 11.1 Å². The zero-order valence-electron chi connectivity index (χ0n) is 22.0. The van der Waals surface area contributed by atoms with Crippen LogP contribution in [0.5, 0.6) is 0 Å². The summed E-state index contributed by atoms with van der Waals surface area (Å²) in [5.41, 5.74) is 4.33. The van der Waals surface area contributed by atoms with E-state index in [4.69, 9.17) is 19.3 Å². The van der Waals surface area contributed by atoms with E-state index in [0.29, 0.717) is 37.0 Å². The van der Waals surface area contributed by atoms with Crippen molar-refractivity contribution in [3.05, 3.63) is 34.9 Å². The lowest BCUT2D eigenvalue weighted by molar-refractivity contribution is -0.141. The molecule has 3 heterocycles. The maximum Gasteiger partial charge on any atom is 0.351 e. The number of anilines is 1. The molecular weight excluding hydrogens is 522 g/mol. The van der Waals surface area contributed by atoms with Crippen LogP contribution >= 0.6 is 0 Å². The van der Waals surface area contributed by atoms with E-state index in [1.54, 1.807) is 0 Å². The van der Waals surface area contributed by atoms with E-state index in [1.807, 2.05) is 27.7 Å². The Kier molecular flexibility index (Phi) is 9.57. The second-order valence-electron chi connectivity index (χ2n) is 10.1. The van der Waals surface area contributed by atoms with E-state index in [2.05, 4.69) is 4.98 Å². The number of carbonyl (C=O) groups excluding carboxylic acids is 2. The number of unbranched alkanes of at least 4 members (excludes halogenated alkanes) is 2. The number of alkyl halides is 2. The van der Waals surface area contributed by atoms with Crippen molar-refractivity contribution < 1.29 is 37.1 Å².